The summed E-state index contributed by atoms with van der Waals surface area (Å²) in [5, 5.41) is 3.36. The Morgan fingerprint density at radius 3 is 2.53 bits per heavy atom. The van der Waals surface area contributed by atoms with Crippen molar-refractivity contribution in [1.29, 1.82) is 0 Å². The van der Waals surface area contributed by atoms with Crippen LogP contribution >= 0.6 is 0 Å². The van der Waals surface area contributed by atoms with E-state index in [-0.39, 0.29) is 0 Å². The van der Waals surface area contributed by atoms with E-state index < -0.39 is 0 Å². The number of hydrogen-bond acceptors (Lipinski definition) is 3. The number of likely N-dealkylation sites (tertiary alicyclic amines) is 1. The Labute approximate surface area is 94.8 Å². The Kier molecular flexibility index (Phi) is 6.22. The third-order valence-electron chi connectivity index (χ3n) is 3.43. The molecule has 0 bridgehead atoms. The van der Waals surface area contributed by atoms with Gasteiger partial charge in [-0.25, -0.2) is 0 Å². The topological polar surface area (TPSA) is 18.5 Å². The van der Waals surface area contributed by atoms with E-state index >= 15 is 0 Å². The van der Waals surface area contributed by atoms with Crippen LogP contribution in [0.5, 0.6) is 0 Å². The SMILES string of the molecule is CCC(CN(C)CCN1CCCC1)NC. The van der Waals surface area contributed by atoms with Gasteiger partial charge >= 0.3 is 0 Å². The lowest BCUT2D eigenvalue weighted by Crippen LogP contribution is -2.40. The first-order chi connectivity index (χ1) is 7.26. The highest BCUT2D eigenvalue weighted by atomic mass is 15.2. The predicted octanol–water partition coefficient (Wildman–Crippen LogP) is 1.01. The second kappa shape index (κ2) is 7.20. The highest BCUT2D eigenvalue weighted by molar-refractivity contribution is 4.70. The average molecular weight is 213 g/mol. The Balaban J connectivity index is 2.08. The van der Waals surface area contributed by atoms with Crippen LogP contribution in [0, 0.1) is 0 Å². The molecule has 3 nitrogen and oxygen atoms in total. The van der Waals surface area contributed by atoms with Crippen LogP contribution in [0.15, 0.2) is 0 Å². The molecule has 1 unspecified atom stereocenters. The van der Waals surface area contributed by atoms with Gasteiger partial charge in [0.05, 0.1) is 0 Å². The molecule has 1 heterocycles. The fourth-order valence-corrected chi connectivity index (χ4v) is 2.21. The molecule has 0 radical (unpaired) electrons. The summed E-state index contributed by atoms with van der Waals surface area (Å²) in [6.45, 7) is 8.50. The van der Waals surface area contributed by atoms with Gasteiger partial charge in [0.25, 0.3) is 0 Å². The van der Waals surface area contributed by atoms with Crippen LogP contribution in [0.3, 0.4) is 0 Å². The summed E-state index contributed by atoms with van der Waals surface area (Å²) in [6, 6.07) is 0.647. The number of nitrogens with one attached hydrogen (secondary N) is 1. The van der Waals surface area contributed by atoms with Crippen molar-refractivity contribution in [2.24, 2.45) is 0 Å². The van der Waals surface area contributed by atoms with Gasteiger partial charge in [-0.05, 0) is 46.4 Å². The zero-order valence-electron chi connectivity index (χ0n) is 10.6. The molecule has 0 spiro atoms. The molecule has 1 aliphatic heterocycles. The molecule has 0 saturated carbocycles. The molecule has 15 heavy (non-hydrogen) atoms. The van der Waals surface area contributed by atoms with E-state index in [1.54, 1.807) is 0 Å². The largest absolute Gasteiger partial charge is 0.316 e. The monoisotopic (exact) mass is 213 g/mol. The van der Waals surface area contributed by atoms with Crippen molar-refractivity contribution in [1.82, 2.24) is 15.1 Å². The smallest absolute Gasteiger partial charge is 0.0189 e. The zero-order valence-corrected chi connectivity index (χ0v) is 10.6. The Hall–Kier alpha value is -0.120. The van der Waals surface area contributed by atoms with Crippen LogP contribution in [0.4, 0.5) is 0 Å². The van der Waals surface area contributed by atoms with Crippen LogP contribution in [0.2, 0.25) is 0 Å². The van der Waals surface area contributed by atoms with E-state index in [1.165, 1.54) is 52.0 Å². The number of rotatable bonds is 7. The molecule has 1 atom stereocenters. The molecule has 1 N–H and O–H groups in total. The first-order valence-corrected chi connectivity index (χ1v) is 6.34. The van der Waals surface area contributed by atoms with E-state index in [1.807, 2.05) is 0 Å². The molecule has 0 aromatic heterocycles. The second-order valence-corrected chi connectivity index (χ2v) is 4.70. The van der Waals surface area contributed by atoms with E-state index in [9.17, 15) is 0 Å². The fraction of sp³-hybridized carbons (Fsp3) is 1.00. The van der Waals surface area contributed by atoms with Gasteiger partial charge in [-0.3, -0.25) is 0 Å². The Morgan fingerprint density at radius 1 is 1.33 bits per heavy atom. The third-order valence-corrected chi connectivity index (χ3v) is 3.43. The molecular formula is C12H27N3. The molecule has 0 aromatic rings. The van der Waals surface area contributed by atoms with Gasteiger partial charge in [0, 0.05) is 25.7 Å². The van der Waals surface area contributed by atoms with Crippen molar-refractivity contribution in [3.8, 4) is 0 Å². The summed E-state index contributed by atoms with van der Waals surface area (Å²) in [5.74, 6) is 0. The van der Waals surface area contributed by atoms with E-state index in [2.05, 4.69) is 36.1 Å². The zero-order chi connectivity index (χ0) is 11.1. The minimum absolute atomic E-state index is 0.647. The lowest BCUT2D eigenvalue weighted by Gasteiger charge is -2.25. The van der Waals surface area contributed by atoms with E-state index in [4.69, 9.17) is 0 Å². The van der Waals surface area contributed by atoms with Crippen LogP contribution in [0.1, 0.15) is 26.2 Å². The molecule has 3 heteroatoms. The predicted molar refractivity (Wildman–Crippen MR) is 66.3 cm³/mol. The maximum Gasteiger partial charge on any atom is 0.0189 e. The van der Waals surface area contributed by atoms with Gasteiger partial charge in [-0.2, -0.15) is 0 Å². The van der Waals surface area contributed by atoms with E-state index in [0.717, 1.165) is 0 Å². The molecule has 1 aliphatic rings. The van der Waals surface area contributed by atoms with Crippen LogP contribution in [-0.2, 0) is 0 Å². The summed E-state index contributed by atoms with van der Waals surface area (Å²) >= 11 is 0. The number of nitrogens with zero attached hydrogens (tertiary/aromatic N) is 2. The summed E-state index contributed by atoms with van der Waals surface area (Å²) in [5.41, 5.74) is 0. The molecule has 0 aromatic carbocycles. The van der Waals surface area contributed by atoms with Gasteiger partial charge in [-0.1, -0.05) is 6.92 Å². The summed E-state index contributed by atoms with van der Waals surface area (Å²) in [6.07, 6.45) is 4.01. The van der Waals surface area contributed by atoms with Gasteiger partial charge < -0.3 is 15.1 Å². The summed E-state index contributed by atoms with van der Waals surface area (Å²) < 4.78 is 0. The van der Waals surface area contributed by atoms with Crippen molar-refractivity contribution in [2.45, 2.75) is 32.2 Å². The maximum absolute atomic E-state index is 3.36. The van der Waals surface area contributed by atoms with Crippen molar-refractivity contribution < 1.29 is 0 Å². The molecular weight excluding hydrogens is 186 g/mol. The highest BCUT2D eigenvalue weighted by Gasteiger charge is 2.12. The first kappa shape index (κ1) is 12.9. The third kappa shape index (κ3) is 4.96. The normalized spacial score (nSPS) is 20.0. The summed E-state index contributed by atoms with van der Waals surface area (Å²) in [4.78, 5) is 5.03. The molecule has 0 aliphatic carbocycles. The van der Waals surface area contributed by atoms with Gasteiger partial charge in [0.15, 0.2) is 0 Å². The van der Waals surface area contributed by atoms with E-state index in [0.29, 0.717) is 6.04 Å². The van der Waals surface area contributed by atoms with Gasteiger partial charge in [0.2, 0.25) is 0 Å². The fourth-order valence-electron chi connectivity index (χ4n) is 2.21. The van der Waals surface area contributed by atoms with Crippen LogP contribution in [0.25, 0.3) is 0 Å². The van der Waals surface area contributed by atoms with Crippen molar-refractivity contribution in [3.63, 3.8) is 0 Å². The molecule has 90 valence electrons. The average Bonchev–Trinajstić information content (AvgIpc) is 2.75. The van der Waals surface area contributed by atoms with Gasteiger partial charge in [0.1, 0.15) is 0 Å². The number of likely N-dealkylation sites (N-methyl/N-ethyl adjacent to an activating group) is 2. The standard InChI is InChI=1S/C12H27N3/c1-4-12(13-2)11-14(3)9-10-15-7-5-6-8-15/h12-13H,4-11H2,1-3H3. The molecule has 1 rings (SSSR count). The van der Waals surface area contributed by atoms with Crippen molar-refractivity contribution in [3.05, 3.63) is 0 Å². The minimum Gasteiger partial charge on any atom is -0.316 e. The molecule has 1 saturated heterocycles. The maximum atomic E-state index is 3.36. The molecule has 0 amide bonds. The highest BCUT2D eigenvalue weighted by Crippen LogP contribution is 2.06. The second-order valence-electron chi connectivity index (χ2n) is 4.70. The Bertz CT molecular complexity index is 151. The summed E-state index contributed by atoms with van der Waals surface area (Å²) in [7, 11) is 4.29. The van der Waals surface area contributed by atoms with Crippen molar-refractivity contribution >= 4 is 0 Å². The van der Waals surface area contributed by atoms with Gasteiger partial charge in [-0.15, -0.1) is 0 Å². The van der Waals surface area contributed by atoms with Crippen LogP contribution < -0.4 is 5.32 Å². The lowest BCUT2D eigenvalue weighted by molar-refractivity contribution is 0.239. The molecule has 1 fully saturated rings. The van der Waals surface area contributed by atoms with Crippen molar-refractivity contribution in [2.75, 3.05) is 46.8 Å². The van der Waals surface area contributed by atoms with Crippen LogP contribution in [-0.4, -0.2) is 62.7 Å². The first-order valence-electron chi connectivity index (χ1n) is 6.34. The Morgan fingerprint density at radius 2 is 2.00 bits per heavy atom. The minimum atomic E-state index is 0.647. The quantitative estimate of drug-likeness (QED) is 0.681. The lowest BCUT2D eigenvalue weighted by atomic mass is 10.2. The number of hydrogen-bond donors (Lipinski definition) is 1.